The van der Waals surface area contributed by atoms with E-state index in [4.69, 9.17) is 11.6 Å². The lowest BCUT2D eigenvalue weighted by Crippen LogP contribution is -2.22. The number of anilines is 1. The molecule has 1 amide bonds. The Morgan fingerprint density at radius 3 is 2.71 bits per heavy atom. The number of nitro benzene ring substituents is 1. The van der Waals surface area contributed by atoms with Gasteiger partial charge in [0.15, 0.2) is 5.65 Å². The minimum absolute atomic E-state index is 0.0910. The summed E-state index contributed by atoms with van der Waals surface area (Å²) < 4.78 is 1.71. The minimum atomic E-state index is -0.550. The van der Waals surface area contributed by atoms with Crippen molar-refractivity contribution in [1.29, 1.82) is 0 Å². The van der Waals surface area contributed by atoms with Crippen LogP contribution in [0.2, 0.25) is 5.02 Å². The molecular weight excluding hydrogens is 440 g/mol. The van der Waals surface area contributed by atoms with Gasteiger partial charge in [-0.05, 0) is 25.1 Å². The van der Waals surface area contributed by atoms with Crippen molar-refractivity contribution in [3.8, 4) is 5.69 Å². The first-order chi connectivity index (χ1) is 14.9. The zero-order chi connectivity index (χ0) is 22.0. The maximum Gasteiger partial charge on any atom is 0.271 e. The highest BCUT2D eigenvalue weighted by atomic mass is 35.5. The molecule has 0 aliphatic rings. The molecule has 2 aromatic heterocycles. The van der Waals surface area contributed by atoms with Crippen LogP contribution in [-0.4, -0.2) is 35.8 Å². The summed E-state index contributed by atoms with van der Waals surface area (Å²) in [7, 11) is 0. The van der Waals surface area contributed by atoms with Crippen LogP contribution in [0, 0.1) is 10.1 Å². The van der Waals surface area contributed by atoms with Crippen molar-refractivity contribution in [2.45, 2.75) is 17.2 Å². The first kappa shape index (κ1) is 20.8. The standard InChI is InChI=1S/C20H15ClN6O3S/c1-12(19(28)25-17-8-7-14(27(29)30)9-16(17)21)31-20-15-10-24-26(18(15)22-11-23-20)13-5-3-2-4-6-13/h2-12H,1H3,(H,25,28). The van der Waals surface area contributed by atoms with Gasteiger partial charge in [0.05, 0.1) is 38.2 Å². The number of aromatic nitrogens is 4. The van der Waals surface area contributed by atoms with Crippen molar-refractivity contribution >= 4 is 51.7 Å². The Morgan fingerprint density at radius 2 is 2.00 bits per heavy atom. The van der Waals surface area contributed by atoms with E-state index < -0.39 is 10.2 Å². The van der Waals surface area contributed by atoms with Crippen LogP contribution in [0.25, 0.3) is 16.7 Å². The number of fused-ring (bicyclic) bond motifs is 1. The Balaban J connectivity index is 1.53. The number of hydrogen-bond donors (Lipinski definition) is 1. The molecule has 4 aromatic rings. The second-order valence-corrected chi connectivity index (χ2v) is 8.22. The predicted molar refractivity (Wildman–Crippen MR) is 119 cm³/mol. The largest absolute Gasteiger partial charge is 0.324 e. The Morgan fingerprint density at radius 1 is 1.23 bits per heavy atom. The summed E-state index contributed by atoms with van der Waals surface area (Å²) in [5.74, 6) is -0.317. The van der Waals surface area contributed by atoms with Crippen LogP contribution in [0.5, 0.6) is 0 Å². The van der Waals surface area contributed by atoms with Crippen molar-refractivity contribution < 1.29 is 9.72 Å². The van der Waals surface area contributed by atoms with Crippen LogP contribution >= 0.6 is 23.4 Å². The van der Waals surface area contributed by atoms with Gasteiger partial charge in [0.1, 0.15) is 11.4 Å². The Kier molecular flexibility index (Phi) is 5.83. The highest BCUT2D eigenvalue weighted by Crippen LogP contribution is 2.31. The van der Waals surface area contributed by atoms with Crippen molar-refractivity contribution in [2.75, 3.05) is 5.32 Å². The van der Waals surface area contributed by atoms with Crippen molar-refractivity contribution in [1.82, 2.24) is 19.7 Å². The van der Waals surface area contributed by atoms with Gasteiger partial charge >= 0.3 is 0 Å². The Labute approximate surface area is 185 Å². The predicted octanol–water partition coefficient (Wildman–Crippen LogP) is 4.50. The number of nitrogens with one attached hydrogen (secondary N) is 1. The molecule has 2 heterocycles. The molecule has 31 heavy (non-hydrogen) atoms. The number of non-ortho nitro benzene ring substituents is 1. The first-order valence-corrected chi connectivity index (χ1v) is 10.4. The SMILES string of the molecule is CC(Sc1ncnc2c1cnn2-c1ccccc1)C(=O)Nc1ccc([N+](=O)[O-])cc1Cl. The first-order valence-electron chi connectivity index (χ1n) is 9.09. The van der Waals surface area contributed by atoms with E-state index >= 15 is 0 Å². The lowest BCUT2D eigenvalue weighted by atomic mass is 10.2. The van der Waals surface area contributed by atoms with Crippen molar-refractivity contribution in [3.05, 3.63) is 76.2 Å². The lowest BCUT2D eigenvalue weighted by Gasteiger charge is -2.13. The van der Waals surface area contributed by atoms with E-state index in [1.54, 1.807) is 17.8 Å². The zero-order valence-electron chi connectivity index (χ0n) is 16.1. The van der Waals surface area contributed by atoms with Gasteiger partial charge in [0, 0.05) is 12.1 Å². The third-order valence-electron chi connectivity index (χ3n) is 4.41. The van der Waals surface area contributed by atoms with Gasteiger partial charge in [0.25, 0.3) is 5.69 Å². The van der Waals surface area contributed by atoms with Gasteiger partial charge in [-0.15, -0.1) is 0 Å². The number of amides is 1. The number of halogens is 1. The number of hydrogen-bond acceptors (Lipinski definition) is 7. The third kappa shape index (κ3) is 4.35. The number of carbonyl (C=O) groups excluding carboxylic acids is 1. The molecule has 0 aliphatic heterocycles. The molecule has 4 rings (SSSR count). The normalized spacial score (nSPS) is 11.9. The van der Waals surface area contributed by atoms with Crippen LogP contribution < -0.4 is 5.32 Å². The van der Waals surface area contributed by atoms with E-state index in [-0.39, 0.29) is 16.6 Å². The number of benzene rings is 2. The highest BCUT2D eigenvalue weighted by molar-refractivity contribution is 8.00. The van der Waals surface area contributed by atoms with Crippen LogP contribution in [-0.2, 0) is 4.79 Å². The topological polar surface area (TPSA) is 116 Å². The molecule has 9 nitrogen and oxygen atoms in total. The fraction of sp³-hybridized carbons (Fsp3) is 0.100. The maximum atomic E-state index is 12.7. The van der Waals surface area contributed by atoms with E-state index in [2.05, 4.69) is 20.4 Å². The molecule has 0 saturated heterocycles. The smallest absolute Gasteiger partial charge is 0.271 e. The van der Waals surface area contributed by atoms with E-state index in [1.807, 2.05) is 30.3 Å². The average molecular weight is 455 g/mol. The van der Waals surface area contributed by atoms with Crippen LogP contribution in [0.3, 0.4) is 0 Å². The van der Waals surface area contributed by atoms with E-state index in [0.717, 1.165) is 11.1 Å². The summed E-state index contributed by atoms with van der Waals surface area (Å²) in [5.41, 5.74) is 1.65. The number of carbonyl (C=O) groups is 1. The van der Waals surface area contributed by atoms with Crippen LogP contribution in [0.15, 0.2) is 66.1 Å². The summed E-state index contributed by atoms with van der Waals surface area (Å²) in [6.45, 7) is 1.73. The molecule has 0 bridgehead atoms. The third-order valence-corrected chi connectivity index (χ3v) is 5.84. The molecule has 0 spiro atoms. The van der Waals surface area contributed by atoms with E-state index in [1.165, 1.54) is 36.3 Å². The number of para-hydroxylation sites is 1. The van der Waals surface area contributed by atoms with E-state index in [0.29, 0.717) is 16.4 Å². The monoisotopic (exact) mass is 454 g/mol. The van der Waals surface area contributed by atoms with Gasteiger partial charge in [-0.3, -0.25) is 14.9 Å². The maximum absolute atomic E-state index is 12.7. The Bertz CT molecular complexity index is 1280. The second kappa shape index (κ2) is 8.70. The van der Waals surface area contributed by atoms with Crippen molar-refractivity contribution in [3.63, 3.8) is 0 Å². The minimum Gasteiger partial charge on any atom is -0.324 e. The molecule has 11 heteroatoms. The molecule has 0 fully saturated rings. The van der Waals surface area contributed by atoms with Gasteiger partial charge in [0.2, 0.25) is 5.91 Å². The second-order valence-electron chi connectivity index (χ2n) is 6.48. The van der Waals surface area contributed by atoms with E-state index in [9.17, 15) is 14.9 Å². The van der Waals surface area contributed by atoms with Crippen molar-refractivity contribution in [2.24, 2.45) is 0 Å². The summed E-state index contributed by atoms with van der Waals surface area (Å²) in [4.78, 5) is 31.6. The molecule has 0 saturated carbocycles. The number of nitro groups is 1. The summed E-state index contributed by atoms with van der Waals surface area (Å²) in [5, 5.41) is 18.8. The number of nitrogens with zero attached hydrogens (tertiary/aromatic N) is 5. The fourth-order valence-electron chi connectivity index (χ4n) is 2.85. The molecule has 0 radical (unpaired) electrons. The molecule has 1 unspecified atom stereocenters. The quantitative estimate of drug-likeness (QED) is 0.197. The van der Waals surface area contributed by atoms with Gasteiger partial charge < -0.3 is 5.32 Å². The summed E-state index contributed by atoms with van der Waals surface area (Å²) in [6, 6.07) is 13.5. The molecular formula is C20H15ClN6O3S. The highest BCUT2D eigenvalue weighted by Gasteiger charge is 2.20. The Hall–Kier alpha value is -3.50. The molecule has 2 aromatic carbocycles. The number of rotatable bonds is 6. The van der Waals surface area contributed by atoms with Gasteiger partial charge in [-0.25, -0.2) is 14.6 Å². The fourth-order valence-corrected chi connectivity index (χ4v) is 3.95. The van der Waals surface area contributed by atoms with Crippen LogP contribution in [0.4, 0.5) is 11.4 Å². The average Bonchev–Trinajstić information content (AvgIpc) is 3.20. The molecule has 0 aliphatic carbocycles. The van der Waals surface area contributed by atoms with Gasteiger partial charge in [-0.1, -0.05) is 41.6 Å². The van der Waals surface area contributed by atoms with Crippen LogP contribution in [0.1, 0.15) is 6.92 Å². The molecule has 1 atom stereocenters. The lowest BCUT2D eigenvalue weighted by molar-refractivity contribution is -0.384. The molecule has 156 valence electrons. The summed E-state index contributed by atoms with van der Waals surface area (Å²) >= 11 is 7.32. The summed E-state index contributed by atoms with van der Waals surface area (Å²) in [6.07, 6.45) is 3.10. The number of thioether (sulfide) groups is 1. The molecule has 1 N–H and O–H groups in total. The van der Waals surface area contributed by atoms with Gasteiger partial charge in [-0.2, -0.15) is 5.10 Å². The zero-order valence-corrected chi connectivity index (χ0v) is 17.7.